The van der Waals surface area contributed by atoms with E-state index in [9.17, 15) is 13.6 Å². The fourth-order valence-electron chi connectivity index (χ4n) is 6.24. The zero-order valence-electron chi connectivity index (χ0n) is 13.3. The summed E-state index contributed by atoms with van der Waals surface area (Å²) in [5.41, 5.74) is 0.269. The van der Waals surface area contributed by atoms with Crippen LogP contribution in [0.4, 0.5) is 8.78 Å². The highest BCUT2D eigenvalue weighted by Crippen LogP contribution is 2.69. The predicted molar refractivity (Wildman–Crippen MR) is 78.1 cm³/mol. The topological polar surface area (TPSA) is 65.0 Å². The summed E-state index contributed by atoms with van der Waals surface area (Å²) in [4.78, 5) is 11.6. The lowest BCUT2D eigenvalue weighted by Crippen LogP contribution is -2.56. The number of hydrogen-bond acceptors (Lipinski definition) is 6. The van der Waals surface area contributed by atoms with E-state index in [1.165, 1.54) is 19.3 Å². The maximum atomic E-state index is 13.5. The second-order valence-electron chi connectivity index (χ2n) is 8.45. The van der Waals surface area contributed by atoms with E-state index in [1.54, 1.807) is 0 Å². The third-order valence-corrected chi connectivity index (χ3v) is 6.16. The van der Waals surface area contributed by atoms with Crippen molar-refractivity contribution in [3.63, 3.8) is 0 Å². The predicted octanol–water partition coefficient (Wildman–Crippen LogP) is 4.19. The van der Waals surface area contributed by atoms with Crippen molar-refractivity contribution < 1.29 is 32.9 Å². The molecule has 4 aliphatic rings. The molecule has 8 heteroatoms. The number of alkyl halides is 2. The number of carbonyl (C=O) groups is 1. The molecule has 4 aliphatic carbocycles. The number of hydrogen-bond donors (Lipinski definition) is 1. The first-order valence-corrected chi connectivity index (χ1v) is 8.55. The number of ether oxygens (including phenoxy) is 1. The van der Waals surface area contributed by atoms with E-state index in [4.69, 9.17) is 9.99 Å². The van der Waals surface area contributed by atoms with Crippen LogP contribution in [0.15, 0.2) is 0 Å². The fourth-order valence-corrected chi connectivity index (χ4v) is 6.48. The lowest BCUT2D eigenvalue weighted by atomic mass is 9.40. The van der Waals surface area contributed by atoms with E-state index >= 15 is 0 Å². The Balaban J connectivity index is 1.65. The molecule has 0 aromatic rings. The van der Waals surface area contributed by atoms with Gasteiger partial charge in [-0.25, -0.2) is 10.1 Å². The molecule has 0 spiro atoms. The molecule has 4 fully saturated rings. The number of esters is 1. The average molecular weight is 352 g/mol. The van der Waals surface area contributed by atoms with Gasteiger partial charge in [0, 0.05) is 5.41 Å². The van der Waals surface area contributed by atoms with E-state index in [-0.39, 0.29) is 22.9 Å². The zero-order chi connectivity index (χ0) is 16.9. The van der Waals surface area contributed by atoms with Gasteiger partial charge in [-0.1, -0.05) is 18.9 Å². The molecule has 132 valence electrons. The van der Waals surface area contributed by atoms with Crippen LogP contribution < -0.4 is 0 Å². The van der Waals surface area contributed by atoms with Crippen molar-refractivity contribution in [3.8, 4) is 0 Å². The Morgan fingerprint density at radius 2 is 1.83 bits per heavy atom. The summed E-state index contributed by atoms with van der Waals surface area (Å²) in [6, 6.07) is 0. The zero-order valence-corrected chi connectivity index (χ0v) is 14.1. The Hall–Kier alpha value is -0.440. The van der Waals surface area contributed by atoms with Crippen LogP contribution in [-0.4, -0.2) is 23.1 Å². The molecule has 4 saturated carbocycles. The lowest BCUT2D eigenvalue weighted by molar-refractivity contribution is -0.433. The molecular weight excluding hydrogens is 330 g/mol. The van der Waals surface area contributed by atoms with Crippen LogP contribution in [-0.2, 0) is 18.9 Å². The van der Waals surface area contributed by atoms with Gasteiger partial charge in [0.15, 0.2) is 0 Å². The molecule has 0 radical (unpaired) electrons. The molecule has 5 nitrogen and oxygen atoms in total. The van der Waals surface area contributed by atoms with Crippen molar-refractivity contribution in [1.82, 2.24) is 0 Å². The van der Waals surface area contributed by atoms with Crippen molar-refractivity contribution >= 4 is 18.0 Å². The molecule has 4 bridgehead atoms. The summed E-state index contributed by atoms with van der Waals surface area (Å²) >= 11 is -0.578. The summed E-state index contributed by atoms with van der Waals surface area (Å²) in [7, 11) is 0. The largest absolute Gasteiger partial charge is 0.460 e. The smallest absolute Gasteiger partial charge is 0.415 e. The monoisotopic (exact) mass is 352 g/mol. The van der Waals surface area contributed by atoms with Gasteiger partial charge >= 0.3 is 11.2 Å². The van der Waals surface area contributed by atoms with Crippen LogP contribution in [0.25, 0.3) is 0 Å². The van der Waals surface area contributed by atoms with Gasteiger partial charge in [0.1, 0.15) is 12.0 Å². The molecule has 0 aromatic heterocycles. The summed E-state index contributed by atoms with van der Waals surface area (Å²) in [5.74, 6) is -1.06. The maximum absolute atomic E-state index is 13.5. The molecule has 0 aromatic carbocycles. The SMILES string of the molecule is CC12CC3CC(C)(C1)CC(COC(=O)C(F)(F)SOOO)(C3)C2. The first-order valence-electron chi connectivity index (χ1n) is 7.81. The second-order valence-corrected chi connectivity index (χ2v) is 9.26. The summed E-state index contributed by atoms with van der Waals surface area (Å²) < 4.78 is 35.6. The molecule has 1 N–H and O–H groups in total. The summed E-state index contributed by atoms with van der Waals surface area (Å²) in [6.07, 6.45) is 6.33. The Bertz CT molecular complexity index is 482. The standard InChI is InChI=1S/C15H22F2O5S/c1-12-3-10-4-13(2,6-12)8-14(5-10,7-12)9-20-11(18)15(16,17)23-22-21-19/h10,19H,3-9H2,1-2H3. The molecule has 23 heavy (non-hydrogen) atoms. The van der Waals surface area contributed by atoms with Crippen molar-refractivity contribution in [2.24, 2.45) is 22.2 Å². The number of carbonyl (C=O) groups excluding carboxylic acids is 1. The minimum Gasteiger partial charge on any atom is -0.460 e. The molecule has 0 heterocycles. The van der Waals surface area contributed by atoms with Gasteiger partial charge in [-0.05, 0) is 55.3 Å². The summed E-state index contributed by atoms with van der Waals surface area (Å²) in [6.45, 7) is 4.55. The maximum Gasteiger partial charge on any atom is 0.415 e. The van der Waals surface area contributed by atoms with Crippen LogP contribution in [0.2, 0.25) is 0 Å². The van der Waals surface area contributed by atoms with Crippen molar-refractivity contribution in [2.45, 2.75) is 57.6 Å². The minimum atomic E-state index is -3.92. The van der Waals surface area contributed by atoms with E-state index in [0.717, 1.165) is 19.3 Å². The lowest BCUT2D eigenvalue weighted by Gasteiger charge is -2.65. The number of rotatable bonds is 6. The highest BCUT2D eigenvalue weighted by molar-refractivity contribution is 7.96. The fraction of sp³-hybridized carbons (Fsp3) is 0.933. The van der Waals surface area contributed by atoms with Gasteiger partial charge in [-0.15, -0.1) is 4.33 Å². The van der Waals surface area contributed by atoms with Crippen LogP contribution in [0.1, 0.15) is 52.4 Å². The van der Waals surface area contributed by atoms with Crippen LogP contribution >= 0.6 is 12.0 Å². The summed E-state index contributed by atoms with van der Waals surface area (Å²) in [5, 5.41) is 7.11. The van der Waals surface area contributed by atoms with Gasteiger partial charge in [-0.2, -0.15) is 8.78 Å². The third-order valence-electron chi connectivity index (χ3n) is 5.66. The van der Waals surface area contributed by atoms with Gasteiger partial charge in [0.25, 0.3) is 0 Å². The van der Waals surface area contributed by atoms with Gasteiger partial charge in [-0.3, -0.25) is 0 Å². The number of halogens is 2. The minimum absolute atomic E-state index is 0.0175. The van der Waals surface area contributed by atoms with Crippen LogP contribution in [0.5, 0.6) is 0 Å². The van der Waals surface area contributed by atoms with E-state index in [1.807, 2.05) is 0 Å². The molecule has 0 amide bonds. The van der Waals surface area contributed by atoms with Gasteiger partial charge < -0.3 is 4.74 Å². The Labute approximate surface area is 138 Å². The second kappa shape index (κ2) is 5.54. The highest BCUT2D eigenvalue weighted by atomic mass is 32.2. The Morgan fingerprint density at radius 3 is 2.35 bits per heavy atom. The Kier molecular flexibility index (Phi) is 4.19. The van der Waals surface area contributed by atoms with E-state index < -0.39 is 23.3 Å². The third kappa shape index (κ3) is 3.36. The Morgan fingerprint density at radius 1 is 1.22 bits per heavy atom. The first kappa shape index (κ1) is 17.4. The first-order chi connectivity index (χ1) is 10.6. The molecule has 2 unspecified atom stereocenters. The molecular formula is C15H22F2O5S. The van der Waals surface area contributed by atoms with E-state index in [0.29, 0.717) is 5.92 Å². The quantitative estimate of drug-likeness (QED) is 0.335. The molecule has 4 rings (SSSR count). The van der Waals surface area contributed by atoms with Gasteiger partial charge in [0.05, 0.1) is 6.61 Å². The van der Waals surface area contributed by atoms with E-state index in [2.05, 4.69) is 23.2 Å². The van der Waals surface area contributed by atoms with Gasteiger partial charge in [0.2, 0.25) is 0 Å². The van der Waals surface area contributed by atoms with Crippen LogP contribution in [0.3, 0.4) is 0 Å². The highest BCUT2D eigenvalue weighted by Gasteiger charge is 2.60. The van der Waals surface area contributed by atoms with Crippen molar-refractivity contribution in [3.05, 3.63) is 0 Å². The average Bonchev–Trinajstić information content (AvgIpc) is 2.38. The normalized spacial score (nSPS) is 42.0. The van der Waals surface area contributed by atoms with Crippen molar-refractivity contribution in [1.29, 1.82) is 0 Å². The van der Waals surface area contributed by atoms with Crippen molar-refractivity contribution in [2.75, 3.05) is 6.61 Å². The molecule has 0 aliphatic heterocycles. The molecule has 0 saturated heterocycles. The molecule has 2 atom stereocenters. The van der Waals surface area contributed by atoms with Crippen LogP contribution in [0, 0.1) is 22.2 Å².